The molecule has 0 bridgehead atoms. The quantitative estimate of drug-likeness (QED) is 0.0211. The number of ether oxygens (including phenoxy) is 13. The van der Waals surface area contributed by atoms with Gasteiger partial charge in [0, 0.05) is 72.1 Å². The SMILES string of the molecule is CCC(=O)Oc1cccc(C)c1COc1cc(C)c(C)cc1Cl.CCC(=O)Oc1cccc(C2CC2)c1COc1cc(C)c(C)cc1Cl.CCC(=O)Oc1cccc(CC)c1COc1cc(C)c(C)cc1Cl.CCC(=O)Oc1cccc(CO)c1COc1cc(C)c(C)cc1Cl.CCC(=O)Oc1cccc(CS)c1COc1cc(C)c(C)cc1Cl.CCOc1cccc(OC(=O)CC)c1COc1cc(C)c(C)cc1Cl. The third kappa shape index (κ3) is 35.8. The van der Waals surface area contributed by atoms with Gasteiger partial charge in [-0.2, -0.15) is 12.6 Å². The molecule has 12 aromatic carbocycles. The molecule has 0 amide bonds. The Morgan fingerprint density at radius 2 is 0.490 bits per heavy atom. The van der Waals surface area contributed by atoms with E-state index in [9.17, 15) is 33.9 Å². The average molecular weight is 2120 g/mol. The maximum absolute atomic E-state index is 11.8. The monoisotopic (exact) mass is 2110 g/mol. The van der Waals surface area contributed by atoms with Crippen molar-refractivity contribution in [3.63, 3.8) is 0 Å². The standard InChI is InChI=1S/C21H23ClO3.C20H23ClO4.C20H23ClO3.C19H21ClO4.C19H21ClO3S.C19H21ClO3/c1-4-21(23)25-19-7-5-6-16(15-8-9-15)17(19)12-24-20-11-14(3)13(2)10-18(20)22;1-5-20(22)25-18-9-7-8-17(23-6-2)15(18)12-24-19-11-14(4)13(3)10-16(19)21;1-5-15-8-7-9-18(24-20(22)6-2)16(15)12-23-19-11-14(4)13(3)10-17(19)21;1-4-19(22)24-17-7-5-6-14(10-21)15(17)11-23-18-9-13(3)12(2)8-16(18)20;1-4-19(21)23-17-7-5-6-14(11-24)15(17)10-22-18-9-13(3)12(2)8-16(18)20;1-5-19(21)23-17-8-6-7-12(2)15(17)11-22-18-10-14(4)13(3)9-16(18)20/h5-7,10-11,15H,4,8-9,12H2,1-3H3;7-11H,5-6,12H2,1-4H3;7-11H,5-6,12H2,1-4H3;5-9,21H,4,10-11H2,1-3H3;5-9,24H,4,10-11H2,1-3H3;6-10H,5,11H2,1-4H3. The summed E-state index contributed by atoms with van der Waals surface area (Å²) >= 11 is 42.0. The van der Waals surface area contributed by atoms with E-state index in [1.807, 2.05) is 224 Å². The maximum atomic E-state index is 11.8. The highest BCUT2D eigenvalue weighted by Gasteiger charge is 2.29. The Bertz CT molecular complexity index is 6190. The van der Waals surface area contributed by atoms with E-state index in [1.165, 1.54) is 18.4 Å². The average Bonchev–Trinajstić information content (AvgIpc) is 1.66. The van der Waals surface area contributed by atoms with Crippen LogP contribution in [0, 0.1) is 90.0 Å². The number of benzene rings is 12. The van der Waals surface area contributed by atoms with Gasteiger partial charge in [0.15, 0.2) is 0 Å². The smallest absolute Gasteiger partial charge is 0.310 e. The van der Waals surface area contributed by atoms with Crippen molar-refractivity contribution in [2.45, 2.75) is 261 Å². The van der Waals surface area contributed by atoms with Crippen molar-refractivity contribution < 1.29 is 95.5 Å². The van der Waals surface area contributed by atoms with Gasteiger partial charge in [-0.05, 0) is 332 Å². The van der Waals surface area contributed by atoms with Crippen LogP contribution in [0.15, 0.2) is 182 Å². The maximum Gasteiger partial charge on any atom is 0.310 e. The molecule has 1 saturated carbocycles. The third-order valence-corrected chi connectivity index (χ3v) is 26.1. The van der Waals surface area contributed by atoms with Gasteiger partial charge in [0.25, 0.3) is 0 Å². The van der Waals surface area contributed by atoms with Crippen LogP contribution in [0.5, 0.6) is 74.7 Å². The number of carbonyl (C=O) groups is 6. The first-order chi connectivity index (χ1) is 69.2. The van der Waals surface area contributed by atoms with Gasteiger partial charge in [-0.15, -0.1) is 0 Å². The van der Waals surface area contributed by atoms with Crippen LogP contribution in [-0.2, 0) is 87.2 Å². The Morgan fingerprint density at radius 1 is 0.262 bits per heavy atom. The number of halogens is 6. The Hall–Kier alpha value is -11.9. The van der Waals surface area contributed by atoms with Gasteiger partial charge in [-0.1, -0.05) is 185 Å². The summed E-state index contributed by atoms with van der Waals surface area (Å²) in [5.74, 6) is 6.72. The van der Waals surface area contributed by atoms with E-state index in [0.29, 0.717) is 192 Å². The number of rotatable bonds is 36. The zero-order valence-electron chi connectivity index (χ0n) is 86.5. The lowest BCUT2D eigenvalue weighted by molar-refractivity contribution is -0.135. The number of hydrogen-bond donors (Lipinski definition) is 2. The van der Waals surface area contributed by atoms with Crippen molar-refractivity contribution in [3.05, 3.63) is 340 Å². The van der Waals surface area contributed by atoms with Crippen molar-refractivity contribution in [1.29, 1.82) is 0 Å². The first kappa shape index (κ1) is 118. The molecule has 1 aliphatic carbocycles. The zero-order valence-corrected chi connectivity index (χ0v) is 92.0. The molecule has 0 aromatic heterocycles. The molecule has 20 nitrogen and oxygen atoms in total. The molecule has 1 aliphatic rings. The van der Waals surface area contributed by atoms with Gasteiger partial charge in [0.2, 0.25) is 0 Å². The second-order valence-corrected chi connectivity index (χ2v) is 37.3. The number of aliphatic hydroxyl groups excluding tert-OH is 1. The van der Waals surface area contributed by atoms with Gasteiger partial charge < -0.3 is 66.7 Å². The highest BCUT2D eigenvalue weighted by Crippen LogP contribution is 2.46. The summed E-state index contributed by atoms with van der Waals surface area (Å²) in [5.41, 5.74) is 23.0. The lowest BCUT2D eigenvalue weighted by Gasteiger charge is -2.16. The second-order valence-electron chi connectivity index (χ2n) is 34.6. The van der Waals surface area contributed by atoms with Crippen LogP contribution in [0.4, 0.5) is 0 Å². The summed E-state index contributed by atoms with van der Waals surface area (Å²) in [7, 11) is 0. The fraction of sp³-hybridized carbons (Fsp3) is 0.339. The molecule has 0 atom stereocenters. The predicted molar refractivity (Wildman–Crippen MR) is 582 cm³/mol. The summed E-state index contributed by atoms with van der Waals surface area (Å²) < 4.78 is 73.6. The molecule has 0 unspecified atom stereocenters. The van der Waals surface area contributed by atoms with Gasteiger partial charge in [0.05, 0.1) is 48.9 Å². The van der Waals surface area contributed by atoms with Crippen LogP contribution in [0.25, 0.3) is 0 Å². The van der Waals surface area contributed by atoms with Crippen LogP contribution in [0.2, 0.25) is 30.1 Å². The molecule has 27 heteroatoms. The molecule has 13 rings (SSSR count). The van der Waals surface area contributed by atoms with E-state index in [1.54, 1.807) is 90.1 Å². The minimum atomic E-state index is -0.337. The minimum Gasteiger partial charge on any atom is -0.493 e. The number of hydrogen-bond acceptors (Lipinski definition) is 21. The first-order valence-electron chi connectivity index (χ1n) is 48.3. The molecule has 0 saturated heterocycles. The number of aryl methyl sites for hydroxylation is 14. The van der Waals surface area contributed by atoms with Gasteiger partial charge >= 0.3 is 35.8 Å². The summed E-state index contributed by atoms with van der Waals surface area (Å²) in [6.07, 6.45) is 5.05. The van der Waals surface area contributed by atoms with Crippen molar-refractivity contribution in [3.8, 4) is 74.7 Å². The summed E-state index contributed by atoms with van der Waals surface area (Å²) in [6, 6.07) is 56.1. The van der Waals surface area contributed by atoms with Gasteiger partial charge in [-0.25, -0.2) is 0 Å². The van der Waals surface area contributed by atoms with Crippen LogP contribution in [0.1, 0.15) is 241 Å². The molecule has 12 aromatic rings. The van der Waals surface area contributed by atoms with Gasteiger partial charge in [0.1, 0.15) is 114 Å². The first-order valence-corrected chi connectivity index (χ1v) is 51.2. The Balaban J connectivity index is 0.000000212. The normalized spacial score (nSPS) is 11.0. The van der Waals surface area contributed by atoms with E-state index in [4.69, 9.17) is 131 Å². The fourth-order valence-electron chi connectivity index (χ4n) is 14.1. The van der Waals surface area contributed by atoms with Gasteiger partial charge in [-0.3, -0.25) is 28.8 Å². The molecule has 145 heavy (non-hydrogen) atoms. The van der Waals surface area contributed by atoms with E-state index < -0.39 is 0 Å². The second kappa shape index (κ2) is 59.0. The molecule has 0 aliphatic heterocycles. The molecule has 1 N–H and O–H groups in total. The van der Waals surface area contributed by atoms with E-state index in [0.717, 1.165) is 112 Å². The predicted octanol–water partition coefficient (Wildman–Crippen LogP) is 31.2. The molecule has 0 radical (unpaired) electrons. The molecular formula is C118H132Cl6O20S. The Kier molecular flexibility index (Phi) is 48.2. The number of thiol groups is 1. The van der Waals surface area contributed by atoms with Crippen molar-refractivity contribution in [2.24, 2.45) is 0 Å². The molecule has 772 valence electrons. The topological polar surface area (TPSA) is 243 Å². The van der Waals surface area contributed by atoms with Crippen LogP contribution in [-0.4, -0.2) is 47.5 Å². The highest BCUT2D eigenvalue weighted by atomic mass is 35.5. The summed E-state index contributed by atoms with van der Waals surface area (Å²) in [6.45, 7) is 42.4. The van der Waals surface area contributed by atoms with Crippen LogP contribution < -0.4 is 61.6 Å². The minimum absolute atomic E-state index is 0.144. The lowest BCUT2D eigenvalue weighted by atomic mass is 10.0. The number of aliphatic hydroxyl groups is 1. The van der Waals surface area contributed by atoms with Crippen LogP contribution >= 0.6 is 82.2 Å². The van der Waals surface area contributed by atoms with Crippen molar-refractivity contribution in [2.75, 3.05) is 6.61 Å². The fourth-order valence-corrected chi connectivity index (χ4v) is 16.1. The molecule has 0 spiro atoms. The summed E-state index contributed by atoms with van der Waals surface area (Å²) in [5, 5.41) is 12.9. The lowest BCUT2D eigenvalue weighted by Crippen LogP contribution is -2.10. The van der Waals surface area contributed by atoms with Crippen molar-refractivity contribution >= 4 is 118 Å². The van der Waals surface area contributed by atoms with Crippen LogP contribution in [0.3, 0.4) is 0 Å². The van der Waals surface area contributed by atoms with E-state index in [2.05, 4.69) is 25.6 Å². The van der Waals surface area contributed by atoms with Crippen molar-refractivity contribution in [1.82, 2.24) is 0 Å². The Morgan fingerprint density at radius 3 is 0.779 bits per heavy atom. The van der Waals surface area contributed by atoms with E-state index >= 15 is 0 Å². The molecule has 1 fully saturated rings. The molecular weight excluding hydrogens is 1980 g/mol. The number of carbonyl (C=O) groups excluding carboxylic acids is 6. The largest absolute Gasteiger partial charge is 0.493 e. The summed E-state index contributed by atoms with van der Waals surface area (Å²) in [4.78, 5) is 69.9. The Labute approximate surface area is 889 Å². The van der Waals surface area contributed by atoms with E-state index in [-0.39, 0.29) is 68.7 Å². The zero-order chi connectivity index (χ0) is 106. The number of esters is 6. The third-order valence-electron chi connectivity index (χ3n) is 24.0. The highest BCUT2D eigenvalue weighted by molar-refractivity contribution is 7.79. The molecule has 0 heterocycles.